The SMILES string of the molecule is CC(C)(C)C[C@@H]1N[C@@H](C(=O)NOCC2CC2)[C@H](c2cccc(Cl)c2F)[C@@]1(N)c1ccc(Cl)cc1. The minimum Gasteiger partial charge on any atom is -0.320 e. The van der Waals surface area contributed by atoms with E-state index in [1.807, 2.05) is 12.1 Å². The van der Waals surface area contributed by atoms with Crippen molar-refractivity contribution >= 4 is 29.1 Å². The zero-order valence-corrected chi connectivity index (χ0v) is 21.2. The normalized spacial score (nSPS) is 27.1. The maximum atomic E-state index is 15.4. The summed E-state index contributed by atoms with van der Waals surface area (Å²) in [6.45, 7) is 6.79. The molecule has 0 bridgehead atoms. The Bertz CT molecular complexity index is 1040. The van der Waals surface area contributed by atoms with E-state index in [1.165, 1.54) is 6.07 Å². The molecule has 2 aromatic carbocycles. The molecule has 4 N–H and O–H groups in total. The fourth-order valence-electron chi connectivity index (χ4n) is 4.91. The Morgan fingerprint density at radius 3 is 2.50 bits per heavy atom. The van der Waals surface area contributed by atoms with Crippen LogP contribution in [-0.4, -0.2) is 24.6 Å². The van der Waals surface area contributed by atoms with Crippen molar-refractivity contribution in [3.63, 3.8) is 0 Å². The van der Waals surface area contributed by atoms with Gasteiger partial charge in [0.25, 0.3) is 5.91 Å². The van der Waals surface area contributed by atoms with E-state index in [-0.39, 0.29) is 28.0 Å². The number of hydrogen-bond donors (Lipinski definition) is 3. The van der Waals surface area contributed by atoms with Gasteiger partial charge in [0.15, 0.2) is 0 Å². The van der Waals surface area contributed by atoms with Gasteiger partial charge < -0.3 is 11.1 Å². The molecule has 2 fully saturated rings. The molecule has 184 valence electrons. The highest BCUT2D eigenvalue weighted by Gasteiger charge is 2.57. The van der Waals surface area contributed by atoms with Gasteiger partial charge in [0.05, 0.1) is 23.2 Å². The lowest BCUT2D eigenvalue weighted by molar-refractivity contribution is -0.136. The molecule has 2 aromatic rings. The molecule has 0 unspecified atom stereocenters. The van der Waals surface area contributed by atoms with Crippen LogP contribution >= 0.6 is 23.2 Å². The first kappa shape index (κ1) is 25.4. The topological polar surface area (TPSA) is 76.4 Å². The van der Waals surface area contributed by atoms with Gasteiger partial charge in [-0.1, -0.05) is 68.2 Å². The number of carbonyl (C=O) groups is 1. The van der Waals surface area contributed by atoms with E-state index in [1.54, 1.807) is 24.3 Å². The van der Waals surface area contributed by atoms with Crippen LogP contribution in [-0.2, 0) is 15.2 Å². The number of hydrogen-bond acceptors (Lipinski definition) is 4. The van der Waals surface area contributed by atoms with Gasteiger partial charge in [-0.05, 0) is 59.9 Å². The number of nitrogens with two attached hydrogens (primary N) is 1. The molecule has 0 aromatic heterocycles. The molecule has 1 heterocycles. The number of amides is 1. The van der Waals surface area contributed by atoms with Crippen molar-refractivity contribution in [3.05, 3.63) is 69.5 Å². The van der Waals surface area contributed by atoms with Crippen molar-refractivity contribution in [2.75, 3.05) is 6.61 Å². The molecule has 4 rings (SSSR count). The summed E-state index contributed by atoms with van der Waals surface area (Å²) in [5, 5.41) is 3.99. The first-order valence-electron chi connectivity index (χ1n) is 11.7. The first-order chi connectivity index (χ1) is 16.0. The Morgan fingerprint density at radius 1 is 1.21 bits per heavy atom. The third-order valence-corrected chi connectivity index (χ3v) is 7.30. The molecule has 0 radical (unpaired) electrons. The second-order valence-electron chi connectivity index (χ2n) is 10.7. The van der Waals surface area contributed by atoms with Gasteiger partial charge in [0.1, 0.15) is 5.82 Å². The Labute approximate surface area is 210 Å². The average Bonchev–Trinajstić information content (AvgIpc) is 3.54. The minimum atomic E-state index is -1.12. The molecular formula is C26H32Cl2FN3O2. The van der Waals surface area contributed by atoms with Crippen LogP contribution < -0.4 is 16.5 Å². The second-order valence-corrected chi connectivity index (χ2v) is 11.6. The zero-order valence-electron chi connectivity index (χ0n) is 19.7. The molecule has 2 aliphatic rings. The zero-order chi connectivity index (χ0) is 24.7. The van der Waals surface area contributed by atoms with Crippen molar-refractivity contribution in [1.82, 2.24) is 10.8 Å². The number of halogens is 3. The maximum absolute atomic E-state index is 15.4. The average molecular weight is 508 g/mol. The molecule has 8 heteroatoms. The van der Waals surface area contributed by atoms with E-state index in [0.717, 1.165) is 18.4 Å². The molecular weight excluding hydrogens is 476 g/mol. The number of benzene rings is 2. The van der Waals surface area contributed by atoms with Crippen LogP contribution in [0.1, 0.15) is 57.1 Å². The lowest BCUT2D eigenvalue weighted by atomic mass is 9.68. The monoisotopic (exact) mass is 507 g/mol. The summed E-state index contributed by atoms with van der Waals surface area (Å²) in [4.78, 5) is 18.9. The standard InChI is InChI=1S/C26H32Cl2FN3O2/c1-25(2,3)13-20-26(30,16-9-11-17(27)12-10-16)21(18-5-4-6-19(28)22(18)29)23(31-20)24(33)32-34-14-15-7-8-15/h4-6,9-12,15,20-21,23,31H,7-8,13-14,30H2,1-3H3,(H,32,33)/t20-,21-,23+,26+/m0/s1. The Morgan fingerprint density at radius 2 is 1.88 bits per heavy atom. The van der Waals surface area contributed by atoms with Crippen LogP contribution in [0.15, 0.2) is 42.5 Å². The van der Waals surface area contributed by atoms with E-state index in [0.29, 0.717) is 24.0 Å². The highest BCUT2D eigenvalue weighted by Crippen LogP contribution is 2.49. The molecule has 5 nitrogen and oxygen atoms in total. The van der Waals surface area contributed by atoms with Crippen molar-refractivity contribution < 1.29 is 14.0 Å². The van der Waals surface area contributed by atoms with Crippen LogP contribution in [0.5, 0.6) is 0 Å². The number of hydroxylamine groups is 1. The molecule has 1 saturated heterocycles. The molecule has 1 aliphatic heterocycles. The highest BCUT2D eigenvalue weighted by atomic mass is 35.5. The number of carbonyl (C=O) groups excluding carboxylic acids is 1. The fourth-order valence-corrected chi connectivity index (χ4v) is 5.21. The van der Waals surface area contributed by atoms with Gasteiger partial charge in [0, 0.05) is 17.0 Å². The summed E-state index contributed by atoms with van der Waals surface area (Å²) >= 11 is 12.3. The molecule has 34 heavy (non-hydrogen) atoms. The van der Waals surface area contributed by atoms with Crippen molar-refractivity contribution in [1.29, 1.82) is 0 Å². The van der Waals surface area contributed by atoms with E-state index in [9.17, 15) is 4.79 Å². The second kappa shape index (κ2) is 9.75. The van der Waals surface area contributed by atoms with Crippen LogP contribution in [0, 0.1) is 17.2 Å². The van der Waals surface area contributed by atoms with Crippen LogP contribution in [0.3, 0.4) is 0 Å². The summed E-state index contributed by atoms with van der Waals surface area (Å²) < 4.78 is 15.4. The van der Waals surface area contributed by atoms with Crippen molar-refractivity contribution in [3.8, 4) is 0 Å². The van der Waals surface area contributed by atoms with Crippen molar-refractivity contribution in [2.45, 2.75) is 63.6 Å². The number of nitrogens with one attached hydrogen (secondary N) is 2. The van der Waals surface area contributed by atoms with E-state index >= 15 is 4.39 Å². The van der Waals surface area contributed by atoms with Gasteiger partial charge in [-0.25, -0.2) is 9.87 Å². The first-order valence-corrected chi connectivity index (χ1v) is 12.4. The predicted octanol–water partition coefficient (Wildman–Crippen LogP) is 5.30. The summed E-state index contributed by atoms with van der Waals surface area (Å²) in [6.07, 6.45) is 2.85. The van der Waals surface area contributed by atoms with Crippen LogP contribution in [0.25, 0.3) is 0 Å². The largest absolute Gasteiger partial charge is 0.320 e. The smallest absolute Gasteiger partial charge is 0.261 e. The predicted molar refractivity (Wildman–Crippen MR) is 133 cm³/mol. The van der Waals surface area contributed by atoms with Gasteiger partial charge in [-0.3, -0.25) is 9.63 Å². The Balaban J connectivity index is 1.80. The quantitative estimate of drug-likeness (QED) is 0.444. The lowest BCUT2D eigenvalue weighted by Crippen LogP contribution is -2.52. The summed E-state index contributed by atoms with van der Waals surface area (Å²) in [6, 6.07) is 10.9. The number of rotatable bonds is 7. The minimum absolute atomic E-state index is 0.0145. The summed E-state index contributed by atoms with van der Waals surface area (Å²) in [7, 11) is 0. The lowest BCUT2D eigenvalue weighted by Gasteiger charge is -2.39. The van der Waals surface area contributed by atoms with Crippen molar-refractivity contribution in [2.24, 2.45) is 17.1 Å². The maximum Gasteiger partial charge on any atom is 0.261 e. The van der Waals surface area contributed by atoms with E-state index < -0.39 is 23.3 Å². The molecule has 0 spiro atoms. The van der Waals surface area contributed by atoms with Gasteiger partial charge in [0.2, 0.25) is 0 Å². The third-order valence-electron chi connectivity index (χ3n) is 6.75. The van der Waals surface area contributed by atoms with Gasteiger partial charge in [-0.15, -0.1) is 0 Å². The third kappa shape index (κ3) is 5.26. The highest BCUT2D eigenvalue weighted by molar-refractivity contribution is 6.31. The van der Waals surface area contributed by atoms with E-state index in [2.05, 4.69) is 31.6 Å². The summed E-state index contributed by atoms with van der Waals surface area (Å²) in [5.41, 5.74) is 9.65. The summed E-state index contributed by atoms with van der Waals surface area (Å²) in [5.74, 6) is -1.23. The van der Waals surface area contributed by atoms with Gasteiger partial charge >= 0.3 is 0 Å². The molecule has 1 saturated carbocycles. The fraction of sp³-hybridized carbons (Fsp3) is 0.500. The Hall–Kier alpha value is -1.70. The molecule has 1 amide bonds. The molecule has 4 atom stereocenters. The van der Waals surface area contributed by atoms with E-state index in [4.69, 9.17) is 33.8 Å². The Kier molecular flexibility index (Phi) is 7.28. The molecule has 1 aliphatic carbocycles. The van der Waals surface area contributed by atoms with Crippen LogP contribution in [0.2, 0.25) is 10.0 Å². The van der Waals surface area contributed by atoms with Gasteiger partial charge in [-0.2, -0.15) is 0 Å². The van der Waals surface area contributed by atoms with Crippen LogP contribution in [0.4, 0.5) is 4.39 Å².